The Hall–Kier alpha value is -1.38. The molecule has 0 bridgehead atoms. The average Bonchev–Trinajstić information content (AvgIpc) is 2.58. The summed E-state index contributed by atoms with van der Waals surface area (Å²) in [6.07, 6.45) is 0. The van der Waals surface area contributed by atoms with Crippen molar-refractivity contribution in [2.24, 2.45) is 0 Å². The van der Waals surface area contributed by atoms with Crippen molar-refractivity contribution >= 4 is 11.2 Å². The topological polar surface area (TPSA) is 38.9 Å². The molecule has 0 unspecified atom stereocenters. The molecule has 0 radical (unpaired) electrons. The number of fused-ring (bicyclic) bond motifs is 1. The van der Waals surface area contributed by atoms with E-state index in [1.165, 1.54) is 0 Å². The van der Waals surface area contributed by atoms with Gasteiger partial charge in [0.1, 0.15) is 5.52 Å². The van der Waals surface area contributed by atoms with Gasteiger partial charge in [-0.15, -0.1) is 0 Å². The third-order valence-electron chi connectivity index (χ3n) is 2.53. The molecule has 0 aliphatic rings. The Kier molecular flexibility index (Phi) is 2.49. The van der Waals surface area contributed by atoms with Crippen molar-refractivity contribution in [1.82, 2.24) is 9.97 Å². The first-order valence-corrected chi connectivity index (χ1v) is 5.66. The molecule has 0 atom stereocenters. The van der Waals surface area contributed by atoms with Gasteiger partial charge in [0.15, 0.2) is 5.89 Å². The first kappa shape index (κ1) is 11.1. The highest BCUT2D eigenvalue weighted by molar-refractivity contribution is 5.68. The molecule has 0 aromatic carbocycles. The molecule has 0 saturated heterocycles. The second-order valence-electron chi connectivity index (χ2n) is 5.48. The monoisotopic (exact) mass is 218 g/mol. The molecule has 2 heterocycles. The van der Waals surface area contributed by atoms with Crippen molar-refractivity contribution in [2.45, 2.75) is 46.0 Å². The Morgan fingerprint density at radius 3 is 2.38 bits per heavy atom. The number of hydrogen-bond acceptors (Lipinski definition) is 3. The fourth-order valence-electron chi connectivity index (χ4n) is 1.50. The SMILES string of the molecule is CC(C)c1nc2ccc(C(C)(C)C)nc2o1. The molecular weight excluding hydrogens is 200 g/mol. The van der Waals surface area contributed by atoms with Crippen LogP contribution >= 0.6 is 0 Å². The molecule has 2 aromatic rings. The minimum atomic E-state index is 0.0406. The lowest BCUT2D eigenvalue weighted by Gasteiger charge is -2.16. The molecular formula is C13H18N2O. The van der Waals surface area contributed by atoms with E-state index in [1.54, 1.807) is 0 Å². The van der Waals surface area contributed by atoms with E-state index in [-0.39, 0.29) is 5.41 Å². The van der Waals surface area contributed by atoms with E-state index < -0.39 is 0 Å². The van der Waals surface area contributed by atoms with Gasteiger partial charge in [0, 0.05) is 17.0 Å². The maximum Gasteiger partial charge on any atom is 0.247 e. The summed E-state index contributed by atoms with van der Waals surface area (Å²) in [5.41, 5.74) is 2.57. The Morgan fingerprint density at radius 1 is 1.12 bits per heavy atom. The van der Waals surface area contributed by atoms with E-state index in [9.17, 15) is 0 Å². The Morgan fingerprint density at radius 2 is 1.81 bits per heavy atom. The second-order valence-corrected chi connectivity index (χ2v) is 5.48. The number of aromatic nitrogens is 2. The number of pyridine rings is 1. The van der Waals surface area contributed by atoms with Gasteiger partial charge in [-0.3, -0.25) is 0 Å². The zero-order chi connectivity index (χ0) is 11.9. The molecule has 3 nitrogen and oxygen atoms in total. The summed E-state index contributed by atoms with van der Waals surface area (Å²) in [4.78, 5) is 8.93. The molecule has 0 aliphatic heterocycles. The van der Waals surface area contributed by atoms with Crippen LogP contribution < -0.4 is 0 Å². The van der Waals surface area contributed by atoms with Crippen LogP contribution in [0.1, 0.15) is 52.1 Å². The third-order valence-corrected chi connectivity index (χ3v) is 2.53. The highest BCUT2D eigenvalue weighted by atomic mass is 16.4. The predicted octanol–water partition coefficient (Wildman–Crippen LogP) is 3.64. The molecule has 2 aromatic heterocycles. The van der Waals surface area contributed by atoms with E-state index >= 15 is 0 Å². The minimum Gasteiger partial charge on any atom is -0.422 e. The smallest absolute Gasteiger partial charge is 0.247 e. The first-order valence-electron chi connectivity index (χ1n) is 5.66. The fraction of sp³-hybridized carbons (Fsp3) is 0.538. The standard InChI is InChI=1S/C13H18N2O/c1-8(2)11-14-9-6-7-10(13(3,4)5)15-12(9)16-11/h6-8H,1-5H3. The number of rotatable bonds is 1. The summed E-state index contributed by atoms with van der Waals surface area (Å²) in [7, 11) is 0. The van der Waals surface area contributed by atoms with Gasteiger partial charge in [-0.25, -0.2) is 9.97 Å². The minimum absolute atomic E-state index is 0.0406. The number of oxazole rings is 1. The fourth-order valence-corrected chi connectivity index (χ4v) is 1.50. The van der Waals surface area contributed by atoms with Crippen LogP contribution in [0.3, 0.4) is 0 Å². The lowest BCUT2D eigenvalue weighted by Crippen LogP contribution is -2.12. The quantitative estimate of drug-likeness (QED) is 0.733. The van der Waals surface area contributed by atoms with Gasteiger partial charge in [-0.1, -0.05) is 34.6 Å². The Labute approximate surface area is 95.9 Å². The van der Waals surface area contributed by atoms with Crippen LogP contribution in [-0.4, -0.2) is 9.97 Å². The highest BCUT2D eigenvalue weighted by Gasteiger charge is 2.18. The maximum atomic E-state index is 5.64. The van der Waals surface area contributed by atoms with Gasteiger partial charge in [-0.05, 0) is 12.1 Å². The molecule has 0 saturated carbocycles. The Bertz CT molecular complexity index is 506. The molecule has 0 fully saturated rings. The largest absolute Gasteiger partial charge is 0.422 e. The molecule has 0 N–H and O–H groups in total. The molecule has 2 rings (SSSR count). The zero-order valence-electron chi connectivity index (χ0n) is 10.5. The highest BCUT2D eigenvalue weighted by Crippen LogP contribution is 2.24. The molecule has 0 spiro atoms. The molecule has 16 heavy (non-hydrogen) atoms. The van der Waals surface area contributed by atoms with Gasteiger partial charge < -0.3 is 4.42 Å². The summed E-state index contributed by atoms with van der Waals surface area (Å²) >= 11 is 0. The van der Waals surface area contributed by atoms with E-state index in [0.29, 0.717) is 11.6 Å². The van der Waals surface area contributed by atoms with E-state index in [1.807, 2.05) is 12.1 Å². The van der Waals surface area contributed by atoms with Crippen molar-refractivity contribution in [3.63, 3.8) is 0 Å². The van der Waals surface area contributed by atoms with Gasteiger partial charge in [0.25, 0.3) is 0 Å². The van der Waals surface area contributed by atoms with Gasteiger partial charge in [0.2, 0.25) is 5.71 Å². The summed E-state index contributed by atoms with van der Waals surface area (Å²) in [6, 6.07) is 4.01. The summed E-state index contributed by atoms with van der Waals surface area (Å²) in [5.74, 6) is 1.06. The average molecular weight is 218 g/mol. The first-order chi connectivity index (χ1) is 7.38. The maximum absolute atomic E-state index is 5.64. The zero-order valence-corrected chi connectivity index (χ0v) is 10.5. The van der Waals surface area contributed by atoms with Crippen LogP contribution in [-0.2, 0) is 5.41 Å². The van der Waals surface area contributed by atoms with Crippen LogP contribution in [0.4, 0.5) is 0 Å². The lowest BCUT2D eigenvalue weighted by molar-refractivity contribution is 0.489. The lowest BCUT2D eigenvalue weighted by atomic mass is 9.92. The normalized spacial score (nSPS) is 12.6. The molecule has 3 heteroatoms. The summed E-state index contributed by atoms with van der Waals surface area (Å²) in [6.45, 7) is 10.5. The van der Waals surface area contributed by atoms with Crippen molar-refractivity contribution in [1.29, 1.82) is 0 Å². The summed E-state index contributed by atoms with van der Waals surface area (Å²) < 4.78 is 5.64. The van der Waals surface area contributed by atoms with Gasteiger partial charge >= 0.3 is 0 Å². The molecule has 0 amide bonds. The van der Waals surface area contributed by atoms with Crippen molar-refractivity contribution in [3.05, 3.63) is 23.7 Å². The summed E-state index contributed by atoms with van der Waals surface area (Å²) in [5, 5.41) is 0. The molecule has 0 aliphatic carbocycles. The van der Waals surface area contributed by atoms with Crippen LogP contribution in [0.2, 0.25) is 0 Å². The van der Waals surface area contributed by atoms with Crippen LogP contribution in [0.25, 0.3) is 11.2 Å². The number of hydrogen-bond donors (Lipinski definition) is 0. The van der Waals surface area contributed by atoms with E-state index in [4.69, 9.17) is 4.42 Å². The Balaban J connectivity index is 2.54. The second kappa shape index (κ2) is 3.58. The van der Waals surface area contributed by atoms with Crippen LogP contribution in [0.15, 0.2) is 16.5 Å². The van der Waals surface area contributed by atoms with E-state index in [0.717, 1.165) is 17.1 Å². The third kappa shape index (κ3) is 1.94. The van der Waals surface area contributed by atoms with Crippen LogP contribution in [0, 0.1) is 0 Å². The van der Waals surface area contributed by atoms with E-state index in [2.05, 4.69) is 44.6 Å². The van der Waals surface area contributed by atoms with Crippen molar-refractivity contribution < 1.29 is 4.42 Å². The predicted molar refractivity (Wildman–Crippen MR) is 64.6 cm³/mol. The number of nitrogens with zero attached hydrogens (tertiary/aromatic N) is 2. The molecule has 86 valence electrons. The van der Waals surface area contributed by atoms with Crippen LogP contribution in [0.5, 0.6) is 0 Å². The van der Waals surface area contributed by atoms with Crippen molar-refractivity contribution in [3.8, 4) is 0 Å². The van der Waals surface area contributed by atoms with Gasteiger partial charge in [0.05, 0.1) is 0 Å². The van der Waals surface area contributed by atoms with Crippen molar-refractivity contribution in [2.75, 3.05) is 0 Å². The van der Waals surface area contributed by atoms with Gasteiger partial charge in [-0.2, -0.15) is 0 Å².